The quantitative estimate of drug-likeness (QED) is 0.319. The molecule has 1 amide bonds. The Labute approximate surface area is 191 Å². The molecule has 0 unspecified atom stereocenters. The van der Waals surface area contributed by atoms with Crippen LogP contribution < -0.4 is 20.9 Å². The van der Waals surface area contributed by atoms with Gasteiger partial charge in [-0.2, -0.15) is 5.10 Å². The number of aryl methyl sites for hydroxylation is 1. The van der Waals surface area contributed by atoms with Crippen LogP contribution in [-0.4, -0.2) is 29.2 Å². The smallest absolute Gasteiger partial charge is 0.272 e. The molecule has 1 aromatic heterocycles. The molecule has 33 heavy (non-hydrogen) atoms. The van der Waals surface area contributed by atoms with E-state index in [4.69, 9.17) is 4.74 Å². The summed E-state index contributed by atoms with van der Waals surface area (Å²) in [5, 5.41) is 14.1. The molecule has 0 radical (unpaired) electrons. The Balaban J connectivity index is 1.15. The van der Waals surface area contributed by atoms with Crippen molar-refractivity contribution in [3.8, 4) is 11.5 Å². The molecule has 0 spiro atoms. The zero-order valence-electron chi connectivity index (χ0n) is 18.2. The van der Waals surface area contributed by atoms with E-state index in [1.165, 1.54) is 0 Å². The molecule has 0 atom stereocenters. The Morgan fingerprint density at radius 3 is 2.33 bits per heavy atom. The first kappa shape index (κ1) is 22.1. The lowest BCUT2D eigenvalue weighted by molar-refractivity contribution is -0.121. The Morgan fingerprint density at radius 1 is 0.848 bits per heavy atom. The lowest BCUT2D eigenvalue weighted by Gasteiger charge is -2.09. The second-order valence-corrected chi connectivity index (χ2v) is 7.64. The second kappa shape index (κ2) is 10.9. The fourth-order valence-electron chi connectivity index (χ4n) is 3.47. The Hall–Kier alpha value is -4.13. The molecule has 3 N–H and O–H groups in total. The van der Waals surface area contributed by atoms with Gasteiger partial charge in [-0.1, -0.05) is 48.5 Å². The van der Waals surface area contributed by atoms with E-state index in [9.17, 15) is 9.59 Å². The monoisotopic (exact) mass is 442 g/mol. The number of fused-ring (bicyclic) bond motifs is 1. The Morgan fingerprint density at radius 2 is 1.55 bits per heavy atom. The number of ether oxygens (including phenoxy) is 1. The van der Waals surface area contributed by atoms with Gasteiger partial charge in [0.25, 0.3) is 5.56 Å². The van der Waals surface area contributed by atoms with Crippen LogP contribution in [0.15, 0.2) is 83.7 Å². The van der Waals surface area contributed by atoms with E-state index in [-0.39, 0.29) is 11.5 Å². The van der Waals surface area contributed by atoms with Crippen LogP contribution in [-0.2, 0) is 11.2 Å². The lowest BCUT2D eigenvalue weighted by Crippen LogP contribution is -2.26. The summed E-state index contributed by atoms with van der Waals surface area (Å²) < 4.78 is 5.79. The number of nitrogens with zero attached hydrogens (tertiary/aromatic N) is 1. The first-order valence-electron chi connectivity index (χ1n) is 11.0. The van der Waals surface area contributed by atoms with E-state index in [1.807, 2.05) is 72.8 Å². The van der Waals surface area contributed by atoms with Crippen molar-refractivity contribution >= 4 is 22.5 Å². The average molecular weight is 443 g/mol. The number of benzene rings is 3. The highest BCUT2D eigenvalue weighted by Crippen LogP contribution is 2.21. The number of para-hydroxylation sites is 1. The molecular weight excluding hydrogens is 416 g/mol. The number of amides is 1. The van der Waals surface area contributed by atoms with Crippen molar-refractivity contribution in [2.45, 2.75) is 19.3 Å². The Kier molecular flexibility index (Phi) is 7.33. The van der Waals surface area contributed by atoms with Crippen LogP contribution in [0.25, 0.3) is 10.8 Å². The third kappa shape index (κ3) is 6.20. The number of rotatable bonds is 10. The number of aromatic nitrogens is 2. The average Bonchev–Trinajstić information content (AvgIpc) is 2.85. The summed E-state index contributed by atoms with van der Waals surface area (Å²) in [6.07, 6.45) is 1.84. The second-order valence-electron chi connectivity index (χ2n) is 7.64. The zero-order chi connectivity index (χ0) is 22.9. The van der Waals surface area contributed by atoms with Crippen molar-refractivity contribution in [1.29, 1.82) is 0 Å². The molecule has 4 rings (SSSR count). The van der Waals surface area contributed by atoms with Gasteiger partial charge in [-0.15, -0.1) is 0 Å². The maximum atomic E-state index is 12.2. The van der Waals surface area contributed by atoms with Crippen molar-refractivity contribution in [3.63, 3.8) is 0 Å². The van der Waals surface area contributed by atoms with Crippen LogP contribution in [0.3, 0.4) is 0 Å². The number of hydrogen-bond donors (Lipinski definition) is 3. The summed E-state index contributed by atoms with van der Waals surface area (Å²) in [7, 11) is 0. The van der Waals surface area contributed by atoms with Crippen LogP contribution in [0.2, 0.25) is 0 Å². The fourth-order valence-corrected chi connectivity index (χ4v) is 3.47. The molecule has 0 bridgehead atoms. The number of anilines is 1. The van der Waals surface area contributed by atoms with Crippen LogP contribution in [0.4, 0.5) is 5.82 Å². The van der Waals surface area contributed by atoms with E-state index in [0.29, 0.717) is 37.1 Å². The molecule has 7 nitrogen and oxygen atoms in total. The van der Waals surface area contributed by atoms with Crippen molar-refractivity contribution in [2.24, 2.45) is 0 Å². The van der Waals surface area contributed by atoms with Crippen LogP contribution in [0, 0.1) is 0 Å². The van der Waals surface area contributed by atoms with E-state index < -0.39 is 0 Å². The molecular formula is C26H26N4O3. The largest absolute Gasteiger partial charge is 0.457 e. The standard InChI is InChI=1S/C26H26N4O3/c31-24(16-13-19-11-14-21(15-12-19)33-20-7-2-1-3-8-20)27-17-6-18-28-25-22-9-4-5-10-23(22)26(32)30-29-25/h1-5,7-12,14-15H,6,13,16-18H2,(H,27,31)(H,28,29)(H,30,32). The van der Waals surface area contributed by atoms with Gasteiger partial charge in [0.2, 0.25) is 5.91 Å². The Bertz CT molecular complexity index is 1250. The van der Waals surface area contributed by atoms with E-state index in [0.717, 1.165) is 28.9 Å². The van der Waals surface area contributed by atoms with E-state index in [2.05, 4.69) is 20.8 Å². The molecule has 168 valence electrons. The van der Waals surface area contributed by atoms with Gasteiger partial charge < -0.3 is 15.4 Å². The molecule has 0 fully saturated rings. The van der Waals surface area contributed by atoms with Gasteiger partial charge >= 0.3 is 0 Å². The van der Waals surface area contributed by atoms with E-state index in [1.54, 1.807) is 6.07 Å². The first-order valence-corrected chi connectivity index (χ1v) is 11.0. The normalized spacial score (nSPS) is 10.7. The van der Waals surface area contributed by atoms with Crippen LogP contribution >= 0.6 is 0 Å². The van der Waals surface area contributed by atoms with Gasteiger partial charge in [0.15, 0.2) is 5.82 Å². The minimum absolute atomic E-state index is 0.0206. The van der Waals surface area contributed by atoms with Gasteiger partial charge in [-0.05, 0) is 48.7 Å². The fraction of sp³-hybridized carbons (Fsp3) is 0.192. The molecule has 0 saturated carbocycles. The predicted molar refractivity (Wildman–Crippen MR) is 130 cm³/mol. The SMILES string of the molecule is O=C(CCc1ccc(Oc2ccccc2)cc1)NCCCNc1n[nH]c(=O)c2ccccc12. The summed E-state index contributed by atoms with van der Waals surface area (Å²) in [5.41, 5.74) is 0.880. The summed E-state index contributed by atoms with van der Waals surface area (Å²) in [6.45, 7) is 1.20. The highest BCUT2D eigenvalue weighted by molar-refractivity contribution is 5.90. The molecule has 7 heteroatoms. The lowest BCUT2D eigenvalue weighted by atomic mass is 10.1. The number of aromatic amines is 1. The minimum atomic E-state index is -0.207. The third-order valence-electron chi connectivity index (χ3n) is 5.21. The van der Waals surface area contributed by atoms with Gasteiger partial charge in [-0.3, -0.25) is 9.59 Å². The van der Waals surface area contributed by atoms with Crippen molar-refractivity contribution in [3.05, 3.63) is 94.8 Å². The number of nitrogens with one attached hydrogen (secondary N) is 3. The van der Waals surface area contributed by atoms with Crippen molar-refractivity contribution < 1.29 is 9.53 Å². The molecule has 4 aromatic rings. The number of hydrogen-bond acceptors (Lipinski definition) is 5. The summed E-state index contributed by atoms with van der Waals surface area (Å²) in [5.74, 6) is 2.22. The minimum Gasteiger partial charge on any atom is -0.457 e. The highest BCUT2D eigenvalue weighted by atomic mass is 16.5. The summed E-state index contributed by atoms with van der Waals surface area (Å²) >= 11 is 0. The summed E-state index contributed by atoms with van der Waals surface area (Å²) in [6, 6.07) is 24.8. The predicted octanol–water partition coefficient (Wildman–Crippen LogP) is 4.27. The first-order chi connectivity index (χ1) is 16.2. The van der Waals surface area contributed by atoms with E-state index >= 15 is 0 Å². The third-order valence-corrected chi connectivity index (χ3v) is 5.21. The summed E-state index contributed by atoms with van der Waals surface area (Å²) in [4.78, 5) is 24.0. The zero-order valence-corrected chi connectivity index (χ0v) is 18.2. The molecule has 0 aliphatic heterocycles. The number of H-pyrrole nitrogens is 1. The van der Waals surface area contributed by atoms with Gasteiger partial charge in [0, 0.05) is 24.9 Å². The topological polar surface area (TPSA) is 96.1 Å². The number of carbonyl (C=O) groups excluding carboxylic acids is 1. The van der Waals surface area contributed by atoms with Gasteiger partial charge in [0.1, 0.15) is 11.5 Å². The maximum Gasteiger partial charge on any atom is 0.272 e. The van der Waals surface area contributed by atoms with Gasteiger partial charge in [0.05, 0.1) is 5.39 Å². The maximum absolute atomic E-state index is 12.2. The molecule has 1 heterocycles. The number of carbonyl (C=O) groups is 1. The molecule has 0 aliphatic rings. The van der Waals surface area contributed by atoms with Gasteiger partial charge in [-0.25, -0.2) is 5.10 Å². The molecule has 0 aliphatic carbocycles. The van der Waals surface area contributed by atoms with Crippen molar-refractivity contribution in [2.75, 3.05) is 18.4 Å². The van der Waals surface area contributed by atoms with Crippen LogP contribution in [0.1, 0.15) is 18.4 Å². The van der Waals surface area contributed by atoms with Crippen LogP contribution in [0.5, 0.6) is 11.5 Å². The van der Waals surface area contributed by atoms with Crippen molar-refractivity contribution in [1.82, 2.24) is 15.5 Å². The molecule has 0 saturated heterocycles. The highest BCUT2D eigenvalue weighted by Gasteiger charge is 2.06. The molecule has 3 aromatic carbocycles.